The summed E-state index contributed by atoms with van der Waals surface area (Å²) in [5.74, 6) is -2.94. The summed E-state index contributed by atoms with van der Waals surface area (Å²) in [6, 6.07) is 6.92. The molecule has 2 aromatic carbocycles. The second kappa shape index (κ2) is 5.56. The van der Waals surface area contributed by atoms with Gasteiger partial charge >= 0.3 is 5.97 Å². The zero-order valence-electron chi connectivity index (χ0n) is 10.2. The quantitative estimate of drug-likeness (QED) is 0.805. The highest BCUT2D eigenvalue weighted by molar-refractivity contribution is 5.79. The number of phenolic OH excluding ortho intramolecular Hbond substituents is 1. The molecule has 0 aliphatic rings. The van der Waals surface area contributed by atoms with Gasteiger partial charge < -0.3 is 15.5 Å². The minimum absolute atomic E-state index is 0.0271. The van der Waals surface area contributed by atoms with E-state index in [2.05, 4.69) is 5.32 Å². The fourth-order valence-corrected chi connectivity index (χ4v) is 1.80. The highest BCUT2D eigenvalue weighted by Gasteiger charge is 2.21. The van der Waals surface area contributed by atoms with Crippen LogP contribution in [0, 0.1) is 11.6 Å². The minimum Gasteiger partial charge on any atom is -0.508 e. The van der Waals surface area contributed by atoms with Crippen molar-refractivity contribution in [3.63, 3.8) is 0 Å². The molecule has 0 aliphatic carbocycles. The highest BCUT2D eigenvalue weighted by Crippen LogP contribution is 2.24. The monoisotopic (exact) mass is 279 g/mol. The second-order valence-corrected chi connectivity index (χ2v) is 4.17. The third-order valence-corrected chi connectivity index (χ3v) is 2.62. The van der Waals surface area contributed by atoms with Gasteiger partial charge in [-0.1, -0.05) is 6.07 Å². The van der Waals surface area contributed by atoms with Crippen molar-refractivity contribution in [2.24, 2.45) is 0 Å². The standard InChI is InChI=1S/C14H11F2NO3/c15-9-2-1-3-11(6-9)17-13(14(19)20)8-4-10(16)7-12(18)5-8/h1-7,13,17-18H,(H,19,20). The van der Waals surface area contributed by atoms with E-state index in [1.165, 1.54) is 18.2 Å². The molecule has 104 valence electrons. The molecule has 0 saturated heterocycles. The van der Waals surface area contributed by atoms with Crippen LogP contribution in [0.1, 0.15) is 11.6 Å². The van der Waals surface area contributed by atoms with Gasteiger partial charge in [-0.25, -0.2) is 13.6 Å². The summed E-state index contributed by atoms with van der Waals surface area (Å²) in [4.78, 5) is 11.3. The Morgan fingerprint density at radius 2 is 1.85 bits per heavy atom. The van der Waals surface area contributed by atoms with Gasteiger partial charge in [0.2, 0.25) is 0 Å². The summed E-state index contributed by atoms with van der Waals surface area (Å²) < 4.78 is 26.3. The van der Waals surface area contributed by atoms with Gasteiger partial charge in [0.05, 0.1) is 0 Å². The van der Waals surface area contributed by atoms with Crippen LogP contribution in [0.3, 0.4) is 0 Å². The Labute approximate surface area is 113 Å². The first-order chi connectivity index (χ1) is 9.45. The molecule has 0 fully saturated rings. The Balaban J connectivity index is 2.34. The fourth-order valence-electron chi connectivity index (χ4n) is 1.80. The Hall–Kier alpha value is -2.63. The first-order valence-corrected chi connectivity index (χ1v) is 5.70. The van der Waals surface area contributed by atoms with E-state index in [1.807, 2.05) is 0 Å². The number of carboxylic acids is 1. The number of aliphatic carboxylic acids is 1. The van der Waals surface area contributed by atoms with Crippen LogP contribution in [0.15, 0.2) is 42.5 Å². The largest absolute Gasteiger partial charge is 0.508 e. The maximum absolute atomic E-state index is 13.2. The molecular weight excluding hydrogens is 268 g/mol. The molecule has 4 nitrogen and oxygen atoms in total. The van der Waals surface area contributed by atoms with Crippen LogP contribution in [0.4, 0.5) is 14.5 Å². The summed E-state index contributed by atoms with van der Waals surface area (Å²) in [5, 5.41) is 21.1. The molecule has 3 N–H and O–H groups in total. The molecule has 0 aromatic heterocycles. The topological polar surface area (TPSA) is 69.6 Å². The van der Waals surface area contributed by atoms with E-state index in [-0.39, 0.29) is 17.0 Å². The molecule has 1 unspecified atom stereocenters. The molecule has 2 aromatic rings. The van der Waals surface area contributed by atoms with Crippen molar-refractivity contribution < 1.29 is 23.8 Å². The molecular formula is C14H11F2NO3. The number of anilines is 1. The van der Waals surface area contributed by atoms with E-state index < -0.39 is 23.6 Å². The van der Waals surface area contributed by atoms with Crippen molar-refractivity contribution in [2.45, 2.75) is 6.04 Å². The van der Waals surface area contributed by atoms with Crippen molar-refractivity contribution in [1.29, 1.82) is 0 Å². The summed E-state index contributed by atoms with van der Waals surface area (Å²) in [7, 11) is 0. The number of benzene rings is 2. The third-order valence-electron chi connectivity index (χ3n) is 2.62. The summed E-state index contributed by atoms with van der Waals surface area (Å²) in [5.41, 5.74) is 0.264. The van der Waals surface area contributed by atoms with E-state index in [1.54, 1.807) is 0 Å². The lowest BCUT2D eigenvalue weighted by Gasteiger charge is -2.16. The predicted octanol–water partition coefficient (Wildman–Crippen LogP) is 2.91. The number of hydrogen-bond acceptors (Lipinski definition) is 3. The Kier molecular flexibility index (Phi) is 3.84. The normalized spacial score (nSPS) is 11.9. The van der Waals surface area contributed by atoms with E-state index >= 15 is 0 Å². The van der Waals surface area contributed by atoms with Gasteiger partial charge in [-0.15, -0.1) is 0 Å². The van der Waals surface area contributed by atoms with E-state index in [0.717, 1.165) is 24.3 Å². The van der Waals surface area contributed by atoms with Crippen molar-refractivity contribution in [3.05, 3.63) is 59.7 Å². The summed E-state index contributed by atoms with van der Waals surface area (Å²) >= 11 is 0. The zero-order chi connectivity index (χ0) is 14.7. The molecule has 0 amide bonds. The van der Waals surface area contributed by atoms with Crippen LogP contribution < -0.4 is 5.32 Å². The third kappa shape index (κ3) is 3.23. The number of nitrogens with one attached hydrogen (secondary N) is 1. The van der Waals surface area contributed by atoms with Crippen molar-refractivity contribution >= 4 is 11.7 Å². The van der Waals surface area contributed by atoms with Gasteiger partial charge in [-0.05, 0) is 35.9 Å². The molecule has 0 radical (unpaired) electrons. The molecule has 0 bridgehead atoms. The summed E-state index contributed by atoms with van der Waals surface area (Å²) in [6.45, 7) is 0. The molecule has 1 atom stereocenters. The van der Waals surface area contributed by atoms with Gasteiger partial charge in [0.15, 0.2) is 6.04 Å². The van der Waals surface area contributed by atoms with Gasteiger partial charge in [0.1, 0.15) is 17.4 Å². The fraction of sp³-hybridized carbons (Fsp3) is 0.0714. The molecule has 0 spiro atoms. The minimum atomic E-state index is -1.31. The Bertz CT molecular complexity index is 626. The van der Waals surface area contributed by atoms with Crippen LogP contribution in [0.5, 0.6) is 5.75 Å². The SMILES string of the molecule is O=C(O)C(Nc1cccc(F)c1)c1cc(O)cc(F)c1. The first kappa shape index (κ1) is 13.8. The lowest BCUT2D eigenvalue weighted by Crippen LogP contribution is -2.20. The van der Waals surface area contributed by atoms with Crippen LogP contribution >= 0.6 is 0 Å². The molecule has 20 heavy (non-hydrogen) atoms. The van der Waals surface area contributed by atoms with E-state index in [9.17, 15) is 23.8 Å². The van der Waals surface area contributed by atoms with Crippen LogP contribution in [0.25, 0.3) is 0 Å². The predicted molar refractivity (Wildman–Crippen MR) is 68.5 cm³/mol. The number of hydrogen-bond donors (Lipinski definition) is 3. The van der Waals surface area contributed by atoms with E-state index in [0.29, 0.717) is 0 Å². The van der Waals surface area contributed by atoms with Crippen molar-refractivity contribution in [2.75, 3.05) is 5.32 Å². The van der Waals surface area contributed by atoms with Crippen LogP contribution in [-0.4, -0.2) is 16.2 Å². The molecule has 0 saturated carbocycles. The Morgan fingerprint density at radius 1 is 1.10 bits per heavy atom. The lowest BCUT2D eigenvalue weighted by atomic mass is 10.1. The average molecular weight is 279 g/mol. The molecule has 6 heteroatoms. The summed E-state index contributed by atoms with van der Waals surface area (Å²) in [6.07, 6.45) is 0. The number of halogens is 2. The smallest absolute Gasteiger partial charge is 0.330 e. The molecule has 0 heterocycles. The van der Waals surface area contributed by atoms with E-state index in [4.69, 9.17) is 0 Å². The van der Waals surface area contributed by atoms with Crippen LogP contribution in [0.2, 0.25) is 0 Å². The number of carbonyl (C=O) groups is 1. The number of phenols is 1. The maximum atomic E-state index is 13.2. The maximum Gasteiger partial charge on any atom is 0.330 e. The molecule has 0 aliphatic heterocycles. The Morgan fingerprint density at radius 3 is 2.45 bits per heavy atom. The highest BCUT2D eigenvalue weighted by atomic mass is 19.1. The zero-order valence-corrected chi connectivity index (χ0v) is 10.2. The molecule has 2 rings (SSSR count). The van der Waals surface area contributed by atoms with Crippen molar-refractivity contribution in [3.8, 4) is 5.75 Å². The average Bonchev–Trinajstić information content (AvgIpc) is 2.34. The van der Waals surface area contributed by atoms with Gasteiger partial charge in [0, 0.05) is 11.8 Å². The number of rotatable bonds is 4. The van der Waals surface area contributed by atoms with Crippen molar-refractivity contribution in [1.82, 2.24) is 0 Å². The van der Waals surface area contributed by atoms with Gasteiger partial charge in [-0.2, -0.15) is 0 Å². The first-order valence-electron chi connectivity index (χ1n) is 5.70. The van der Waals surface area contributed by atoms with Gasteiger partial charge in [0.25, 0.3) is 0 Å². The van der Waals surface area contributed by atoms with Gasteiger partial charge in [-0.3, -0.25) is 0 Å². The van der Waals surface area contributed by atoms with Crippen LogP contribution in [-0.2, 0) is 4.79 Å². The number of aromatic hydroxyl groups is 1. The number of carboxylic acid groups (broad SMARTS) is 1. The lowest BCUT2D eigenvalue weighted by molar-refractivity contribution is -0.138. The second-order valence-electron chi connectivity index (χ2n) is 4.17.